The molecule has 1 aliphatic heterocycles. The number of thiazole rings is 1. The van der Waals surface area contributed by atoms with Crippen LogP contribution in [0.1, 0.15) is 86.7 Å². The molecule has 8 nitrogen and oxygen atoms in total. The van der Waals surface area contributed by atoms with Crippen LogP contribution in [0.4, 0.5) is 5.82 Å². The number of hydrogen-bond acceptors (Lipinski definition) is 7. The molecule has 0 spiro atoms. The van der Waals surface area contributed by atoms with Gasteiger partial charge in [0.25, 0.3) is 11.8 Å². The Bertz CT molecular complexity index is 1050. The first kappa shape index (κ1) is 26.1. The number of anilines is 1. The van der Waals surface area contributed by atoms with Gasteiger partial charge in [0.05, 0.1) is 16.5 Å². The minimum atomic E-state index is -1.08. The number of aryl methyl sites for hydroxylation is 1. The van der Waals surface area contributed by atoms with E-state index < -0.39 is 17.6 Å². The number of rotatable bonds is 8. The summed E-state index contributed by atoms with van der Waals surface area (Å²) in [6, 6.07) is 1.91. The Hall–Kier alpha value is -2.52. The van der Waals surface area contributed by atoms with Crippen molar-refractivity contribution in [1.29, 1.82) is 0 Å². The molecule has 0 radical (unpaired) electrons. The highest BCUT2D eigenvalue weighted by Gasteiger charge is 2.33. The predicted octanol–water partition coefficient (Wildman–Crippen LogP) is 4.24. The SMILES string of the molecule is CC[C@H](C)Nc1cc(C)c(-c2sc(C(=O)N[C@@H](C)C(C)(C)O)nc2C(=O)N2CCC[C@@H]2C)cn1. The number of carbonyl (C=O) groups excluding carboxylic acids is 2. The van der Waals surface area contributed by atoms with E-state index in [4.69, 9.17) is 0 Å². The minimum absolute atomic E-state index is 0.135. The molecule has 186 valence electrons. The van der Waals surface area contributed by atoms with Crippen molar-refractivity contribution in [3.8, 4) is 10.4 Å². The first-order valence-electron chi connectivity index (χ1n) is 12.0. The molecule has 34 heavy (non-hydrogen) atoms. The summed E-state index contributed by atoms with van der Waals surface area (Å²) in [6.45, 7) is 13.9. The van der Waals surface area contributed by atoms with Gasteiger partial charge in [-0.15, -0.1) is 11.3 Å². The van der Waals surface area contributed by atoms with Crippen molar-refractivity contribution >= 4 is 29.0 Å². The van der Waals surface area contributed by atoms with Crippen molar-refractivity contribution in [2.75, 3.05) is 11.9 Å². The number of amides is 2. The summed E-state index contributed by atoms with van der Waals surface area (Å²) >= 11 is 1.19. The maximum absolute atomic E-state index is 13.5. The van der Waals surface area contributed by atoms with E-state index in [0.29, 0.717) is 17.5 Å². The van der Waals surface area contributed by atoms with E-state index in [1.54, 1.807) is 27.0 Å². The third kappa shape index (κ3) is 5.75. The van der Waals surface area contributed by atoms with E-state index in [9.17, 15) is 14.7 Å². The topological polar surface area (TPSA) is 107 Å². The van der Waals surface area contributed by atoms with Crippen LogP contribution in [0.2, 0.25) is 0 Å². The molecule has 0 aromatic carbocycles. The number of nitrogens with zero attached hydrogens (tertiary/aromatic N) is 3. The summed E-state index contributed by atoms with van der Waals surface area (Å²) in [5, 5.41) is 16.6. The lowest BCUT2D eigenvalue weighted by molar-refractivity contribution is 0.0408. The Morgan fingerprint density at radius 2 is 2.06 bits per heavy atom. The second-order valence-electron chi connectivity index (χ2n) is 9.87. The molecule has 2 amide bonds. The lowest BCUT2D eigenvalue weighted by atomic mass is 10.0. The summed E-state index contributed by atoms with van der Waals surface area (Å²) in [6.07, 6.45) is 4.64. The van der Waals surface area contributed by atoms with Crippen LogP contribution in [-0.2, 0) is 0 Å². The molecular formula is C25H37N5O3S. The first-order chi connectivity index (χ1) is 15.9. The van der Waals surface area contributed by atoms with Crippen molar-refractivity contribution < 1.29 is 14.7 Å². The van der Waals surface area contributed by atoms with Crippen LogP contribution in [0.3, 0.4) is 0 Å². The summed E-state index contributed by atoms with van der Waals surface area (Å²) in [5.74, 6) is 0.209. The Balaban J connectivity index is 2.01. The molecular weight excluding hydrogens is 450 g/mol. The molecule has 0 saturated carbocycles. The Morgan fingerprint density at radius 3 is 2.62 bits per heavy atom. The predicted molar refractivity (Wildman–Crippen MR) is 136 cm³/mol. The van der Waals surface area contributed by atoms with E-state index in [-0.39, 0.29) is 22.7 Å². The molecule has 3 heterocycles. The Morgan fingerprint density at radius 1 is 1.35 bits per heavy atom. The van der Waals surface area contributed by atoms with Gasteiger partial charge in [0.1, 0.15) is 11.5 Å². The summed E-state index contributed by atoms with van der Waals surface area (Å²) in [7, 11) is 0. The number of hydrogen-bond donors (Lipinski definition) is 3. The zero-order chi connectivity index (χ0) is 25.2. The Labute approximate surface area is 206 Å². The van der Waals surface area contributed by atoms with E-state index in [1.165, 1.54) is 11.3 Å². The zero-order valence-corrected chi connectivity index (χ0v) is 22.0. The highest BCUT2D eigenvalue weighted by molar-refractivity contribution is 7.17. The maximum atomic E-state index is 13.5. The molecule has 2 aromatic rings. The van der Waals surface area contributed by atoms with Gasteiger partial charge in [0.2, 0.25) is 0 Å². The molecule has 2 aromatic heterocycles. The smallest absolute Gasteiger partial charge is 0.280 e. The zero-order valence-electron chi connectivity index (χ0n) is 21.2. The maximum Gasteiger partial charge on any atom is 0.280 e. The van der Waals surface area contributed by atoms with Crippen molar-refractivity contribution in [1.82, 2.24) is 20.2 Å². The molecule has 3 atom stereocenters. The lowest BCUT2D eigenvalue weighted by Gasteiger charge is -2.26. The highest BCUT2D eigenvalue weighted by atomic mass is 32.1. The number of pyridine rings is 1. The third-order valence-corrected chi connectivity index (χ3v) is 7.69. The fraction of sp³-hybridized carbons (Fsp3) is 0.600. The van der Waals surface area contributed by atoms with E-state index in [0.717, 1.165) is 36.2 Å². The summed E-state index contributed by atoms with van der Waals surface area (Å²) < 4.78 is 0. The lowest BCUT2D eigenvalue weighted by Crippen LogP contribution is -2.47. The van der Waals surface area contributed by atoms with Crippen molar-refractivity contribution in [2.45, 2.75) is 91.5 Å². The molecule has 0 unspecified atom stereocenters. The number of aliphatic hydroxyl groups is 1. The van der Waals surface area contributed by atoms with Gasteiger partial charge in [-0.2, -0.15) is 0 Å². The van der Waals surface area contributed by atoms with Gasteiger partial charge in [-0.3, -0.25) is 9.59 Å². The van der Waals surface area contributed by atoms with Crippen LogP contribution >= 0.6 is 11.3 Å². The minimum Gasteiger partial charge on any atom is -0.388 e. The van der Waals surface area contributed by atoms with Crippen LogP contribution in [0.15, 0.2) is 12.3 Å². The van der Waals surface area contributed by atoms with Crippen LogP contribution in [0.5, 0.6) is 0 Å². The summed E-state index contributed by atoms with van der Waals surface area (Å²) in [4.78, 5) is 38.0. The second-order valence-corrected chi connectivity index (χ2v) is 10.9. The van der Waals surface area contributed by atoms with Gasteiger partial charge < -0.3 is 20.6 Å². The van der Waals surface area contributed by atoms with Gasteiger partial charge in [-0.05, 0) is 72.4 Å². The fourth-order valence-corrected chi connectivity index (χ4v) is 4.81. The largest absolute Gasteiger partial charge is 0.388 e. The van der Waals surface area contributed by atoms with Crippen LogP contribution in [-0.4, -0.2) is 62.1 Å². The highest BCUT2D eigenvalue weighted by Crippen LogP contribution is 2.35. The standard InChI is InChI=1S/C25H37N5O3S/c1-8-15(3)27-19-12-14(2)18(13-26-19)21-20(24(32)30-11-9-10-16(30)4)29-23(34-21)22(31)28-17(5)25(6,7)33/h12-13,15-17,33H,8-11H2,1-7H3,(H,26,27)(H,28,31)/t15-,16-,17-/m0/s1. The molecule has 1 saturated heterocycles. The number of nitrogens with one attached hydrogen (secondary N) is 2. The van der Waals surface area contributed by atoms with Crippen molar-refractivity contribution in [2.24, 2.45) is 0 Å². The van der Waals surface area contributed by atoms with Crippen LogP contribution in [0, 0.1) is 6.92 Å². The van der Waals surface area contributed by atoms with Gasteiger partial charge in [0.15, 0.2) is 5.01 Å². The Kier molecular flexibility index (Phi) is 7.98. The molecule has 0 aliphatic carbocycles. The van der Waals surface area contributed by atoms with E-state index in [1.807, 2.05) is 24.8 Å². The molecule has 1 fully saturated rings. The number of carbonyl (C=O) groups is 2. The number of likely N-dealkylation sites (tertiary alicyclic amines) is 1. The number of aromatic nitrogens is 2. The van der Waals surface area contributed by atoms with Crippen molar-refractivity contribution in [3.63, 3.8) is 0 Å². The monoisotopic (exact) mass is 487 g/mol. The molecule has 3 rings (SSSR count). The van der Waals surface area contributed by atoms with Gasteiger partial charge in [0, 0.05) is 30.4 Å². The fourth-order valence-electron chi connectivity index (χ4n) is 3.78. The van der Waals surface area contributed by atoms with E-state index in [2.05, 4.69) is 34.4 Å². The molecule has 3 N–H and O–H groups in total. The van der Waals surface area contributed by atoms with Crippen molar-refractivity contribution in [3.05, 3.63) is 28.5 Å². The van der Waals surface area contributed by atoms with Crippen LogP contribution < -0.4 is 10.6 Å². The second kappa shape index (κ2) is 10.4. The van der Waals surface area contributed by atoms with Gasteiger partial charge >= 0.3 is 0 Å². The first-order valence-corrected chi connectivity index (χ1v) is 12.8. The molecule has 1 aliphatic rings. The quantitative estimate of drug-likeness (QED) is 0.514. The van der Waals surface area contributed by atoms with Gasteiger partial charge in [-0.1, -0.05) is 6.92 Å². The third-order valence-electron chi connectivity index (χ3n) is 6.61. The van der Waals surface area contributed by atoms with Crippen LogP contribution in [0.25, 0.3) is 10.4 Å². The summed E-state index contributed by atoms with van der Waals surface area (Å²) in [5.41, 5.74) is 0.937. The average Bonchev–Trinajstić information content (AvgIpc) is 3.39. The van der Waals surface area contributed by atoms with E-state index >= 15 is 0 Å². The average molecular weight is 488 g/mol. The molecule has 9 heteroatoms. The molecule has 0 bridgehead atoms. The van der Waals surface area contributed by atoms with Gasteiger partial charge in [-0.25, -0.2) is 9.97 Å². The normalized spacial score (nSPS) is 18.0.